The number of nitrogens with one attached hydrogen (secondary N) is 1. The Kier molecular flexibility index (Phi) is 3.50. The van der Waals surface area contributed by atoms with Crippen molar-refractivity contribution in [3.8, 4) is 0 Å². The van der Waals surface area contributed by atoms with Gasteiger partial charge in [0.05, 0.1) is 6.61 Å². The molecule has 0 spiro atoms. The van der Waals surface area contributed by atoms with Crippen molar-refractivity contribution in [2.75, 3.05) is 19.8 Å². The van der Waals surface area contributed by atoms with Crippen molar-refractivity contribution in [3.63, 3.8) is 0 Å². The van der Waals surface area contributed by atoms with E-state index in [-0.39, 0.29) is 12.1 Å². The van der Waals surface area contributed by atoms with Gasteiger partial charge in [-0.25, -0.2) is 0 Å². The van der Waals surface area contributed by atoms with E-state index < -0.39 is 0 Å². The fourth-order valence-corrected chi connectivity index (χ4v) is 1.72. The zero-order valence-corrected chi connectivity index (χ0v) is 7.97. The summed E-state index contributed by atoms with van der Waals surface area (Å²) in [6.45, 7) is 5.95. The van der Waals surface area contributed by atoms with E-state index in [1.54, 1.807) is 0 Å². The molecule has 1 saturated heterocycles. The molecule has 2 N–H and O–H groups in total. The first-order valence-corrected chi connectivity index (χ1v) is 4.65. The Labute approximate surface area is 74.1 Å². The molecule has 72 valence electrons. The summed E-state index contributed by atoms with van der Waals surface area (Å²) >= 11 is 0. The van der Waals surface area contributed by atoms with Crippen molar-refractivity contribution in [3.05, 3.63) is 0 Å². The highest BCUT2D eigenvalue weighted by Crippen LogP contribution is 2.20. The Hall–Kier alpha value is -0.120. The maximum Gasteiger partial charge on any atom is 0.0615 e. The summed E-state index contributed by atoms with van der Waals surface area (Å²) in [5, 5.41) is 12.7. The van der Waals surface area contributed by atoms with Gasteiger partial charge in [-0.3, -0.25) is 0 Å². The molecular weight excluding hydrogens is 154 g/mol. The first-order chi connectivity index (χ1) is 5.68. The predicted octanol–water partition coefficient (Wildman–Crippen LogP) is 0.526. The molecule has 0 aromatic heterocycles. The number of hydrogen-bond acceptors (Lipinski definition) is 3. The zero-order chi connectivity index (χ0) is 9.03. The van der Waals surface area contributed by atoms with Gasteiger partial charge in [0.15, 0.2) is 0 Å². The Balaban J connectivity index is 2.48. The van der Waals surface area contributed by atoms with Gasteiger partial charge in [0.2, 0.25) is 0 Å². The molecule has 0 bridgehead atoms. The Bertz CT molecular complexity index is 130. The van der Waals surface area contributed by atoms with Gasteiger partial charge in [0.25, 0.3) is 0 Å². The van der Waals surface area contributed by atoms with Crippen LogP contribution in [0.15, 0.2) is 0 Å². The van der Waals surface area contributed by atoms with E-state index in [0.717, 1.165) is 26.1 Å². The monoisotopic (exact) mass is 173 g/mol. The quantitative estimate of drug-likeness (QED) is 0.654. The van der Waals surface area contributed by atoms with Crippen molar-refractivity contribution < 1.29 is 9.84 Å². The first-order valence-electron chi connectivity index (χ1n) is 4.65. The molecule has 12 heavy (non-hydrogen) atoms. The van der Waals surface area contributed by atoms with E-state index in [4.69, 9.17) is 4.74 Å². The molecule has 1 aliphatic heterocycles. The lowest BCUT2D eigenvalue weighted by atomic mass is 9.90. The highest BCUT2D eigenvalue weighted by molar-refractivity contribution is 4.90. The van der Waals surface area contributed by atoms with Crippen LogP contribution >= 0.6 is 0 Å². The number of hydrogen-bond donors (Lipinski definition) is 2. The number of ether oxygens (including phenoxy) is 1. The molecule has 0 atom stereocenters. The predicted molar refractivity (Wildman–Crippen MR) is 48.1 cm³/mol. The van der Waals surface area contributed by atoms with Crippen molar-refractivity contribution in [1.82, 2.24) is 5.32 Å². The Morgan fingerprint density at radius 3 is 2.42 bits per heavy atom. The summed E-state index contributed by atoms with van der Waals surface area (Å²) in [4.78, 5) is 0. The molecular formula is C9H19NO2. The fraction of sp³-hybridized carbons (Fsp3) is 1.00. The first kappa shape index (κ1) is 9.96. The summed E-state index contributed by atoms with van der Waals surface area (Å²) in [6.07, 6.45) is 1.84. The van der Waals surface area contributed by atoms with Gasteiger partial charge >= 0.3 is 0 Å². The SMILES string of the molecule is CC(C)NC1(CO)CCOCC1. The topological polar surface area (TPSA) is 41.5 Å². The summed E-state index contributed by atoms with van der Waals surface area (Å²) in [7, 11) is 0. The standard InChI is InChI=1S/C9H19NO2/c1-8(2)10-9(7-11)3-5-12-6-4-9/h8,10-11H,3-7H2,1-2H3. The normalized spacial score (nSPS) is 23.0. The van der Waals surface area contributed by atoms with Crippen LogP contribution in [0.5, 0.6) is 0 Å². The molecule has 3 nitrogen and oxygen atoms in total. The zero-order valence-electron chi connectivity index (χ0n) is 7.97. The van der Waals surface area contributed by atoms with Gasteiger partial charge in [-0.05, 0) is 12.8 Å². The second kappa shape index (κ2) is 4.21. The van der Waals surface area contributed by atoms with Crippen molar-refractivity contribution in [1.29, 1.82) is 0 Å². The molecule has 1 rings (SSSR count). The van der Waals surface area contributed by atoms with E-state index in [1.807, 2.05) is 0 Å². The molecule has 0 aromatic carbocycles. The van der Waals surface area contributed by atoms with Crippen LogP contribution in [0.2, 0.25) is 0 Å². The van der Waals surface area contributed by atoms with Crippen LogP contribution in [-0.4, -0.2) is 36.5 Å². The lowest BCUT2D eigenvalue weighted by Gasteiger charge is -2.38. The molecule has 1 heterocycles. The van der Waals surface area contributed by atoms with Gasteiger partial charge in [0, 0.05) is 24.8 Å². The average molecular weight is 173 g/mol. The highest BCUT2D eigenvalue weighted by atomic mass is 16.5. The van der Waals surface area contributed by atoms with E-state index in [0.29, 0.717) is 6.04 Å². The third-order valence-electron chi connectivity index (χ3n) is 2.35. The minimum atomic E-state index is -0.0770. The number of rotatable bonds is 3. The van der Waals surface area contributed by atoms with Crippen LogP contribution in [0.4, 0.5) is 0 Å². The molecule has 3 heteroatoms. The number of aliphatic hydroxyl groups excluding tert-OH is 1. The van der Waals surface area contributed by atoms with Gasteiger partial charge in [-0.2, -0.15) is 0 Å². The molecule has 0 aromatic rings. The third kappa shape index (κ3) is 2.44. The lowest BCUT2D eigenvalue weighted by Crippen LogP contribution is -2.54. The van der Waals surface area contributed by atoms with Crippen molar-refractivity contribution in [2.45, 2.75) is 38.3 Å². The maximum absolute atomic E-state index is 9.27. The van der Waals surface area contributed by atoms with E-state index in [1.165, 1.54) is 0 Å². The second-order valence-corrected chi connectivity index (χ2v) is 3.85. The third-order valence-corrected chi connectivity index (χ3v) is 2.35. The minimum Gasteiger partial charge on any atom is -0.394 e. The van der Waals surface area contributed by atoms with Gasteiger partial charge in [0.1, 0.15) is 0 Å². The van der Waals surface area contributed by atoms with Crippen LogP contribution in [0, 0.1) is 0 Å². The van der Waals surface area contributed by atoms with E-state index in [2.05, 4.69) is 19.2 Å². The van der Waals surface area contributed by atoms with Crippen molar-refractivity contribution in [2.24, 2.45) is 0 Å². The highest BCUT2D eigenvalue weighted by Gasteiger charge is 2.31. The minimum absolute atomic E-state index is 0.0770. The fourth-order valence-electron chi connectivity index (χ4n) is 1.72. The van der Waals surface area contributed by atoms with Crippen molar-refractivity contribution >= 4 is 0 Å². The van der Waals surface area contributed by atoms with Crippen LogP contribution in [-0.2, 0) is 4.74 Å². The molecule has 0 radical (unpaired) electrons. The van der Waals surface area contributed by atoms with E-state index >= 15 is 0 Å². The molecule has 0 amide bonds. The van der Waals surface area contributed by atoms with Gasteiger partial charge in [-0.1, -0.05) is 13.8 Å². The molecule has 0 aliphatic carbocycles. The van der Waals surface area contributed by atoms with Gasteiger partial charge < -0.3 is 15.2 Å². The Morgan fingerprint density at radius 1 is 1.42 bits per heavy atom. The van der Waals surface area contributed by atoms with E-state index in [9.17, 15) is 5.11 Å². The number of aliphatic hydroxyl groups is 1. The maximum atomic E-state index is 9.27. The average Bonchev–Trinajstić information content (AvgIpc) is 2.05. The van der Waals surface area contributed by atoms with Crippen LogP contribution in [0.25, 0.3) is 0 Å². The van der Waals surface area contributed by atoms with Gasteiger partial charge in [-0.15, -0.1) is 0 Å². The van der Waals surface area contributed by atoms with Crippen LogP contribution in [0.1, 0.15) is 26.7 Å². The van der Waals surface area contributed by atoms with Crippen LogP contribution < -0.4 is 5.32 Å². The Morgan fingerprint density at radius 2 is 2.00 bits per heavy atom. The summed E-state index contributed by atoms with van der Waals surface area (Å²) in [6, 6.07) is 0.426. The summed E-state index contributed by atoms with van der Waals surface area (Å²) in [5.41, 5.74) is -0.0770. The largest absolute Gasteiger partial charge is 0.394 e. The smallest absolute Gasteiger partial charge is 0.0615 e. The molecule has 0 unspecified atom stereocenters. The molecule has 1 aliphatic rings. The second-order valence-electron chi connectivity index (χ2n) is 3.85. The molecule has 0 saturated carbocycles. The summed E-state index contributed by atoms with van der Waals surface area (Å²) < 4.78 is 5.26. The summed E-state index contributed by atoms with van der Waals surface area (Å²) in [5.74, 6) is 0. The lowest BCUT2D eigenvalue weighted by molar-refractivity contribution is 0.00845. The van der Waals surface area contributed by atoms with Crippen LogP contribution in [0.3, 0.4) is 0 Å². The molecule has 1 fully saturated rings.